The molecule has 0 aromatic heterocycles. The van der Waals surface area contributed by atoms with E-state index in [0.29, 0.717) is 18.6 Å². The number of aryl methyl sites for hydroxylation is 1. The van der Waals surface area contributed by atoms with Crippen LogP contribution < -0.4 is 0 Å². The maximum absolute atomic E-state index is 12.4. The second-order valence-corrected chi connectivity index (χ2v) is 15.8. The molecule has 0 saturated carbocycles. The normalized spacial score (nSPS) is 17.8. The van der Waals surface area contributed by atoms with E-state index in [2.05, 4.69) is 64.2 Å². The van der Waals surface area contributed by atoms with E-state index >= 15 is 0 Å². The highest BCUT2D eigenvalue weighted by Gasteiger charge is 2.40. The number of hydrogen-bond donors (Lipinski definition) is 1. The average Bonchev–Trinajstić information content (AvgIpc) is 3.09. The molecule has 0 fully saturated rings. The van der Waals surface area contributed by atoms with Gasteiger partial charge in [0.1, 0.15) is 11.9 Å². The molecular formula is C28H44O4Si. The van der Waals surface area contributed by atoms with Gasteiger partial charge in [-0.05, 0) is 62.2 Å². The molecule has 0 bridgehead atoms. The highest BCUT2D eigenvalue weighted by Crippen LogP contribution is 2.38. The number of rotatable bonds is 14. The van der Waals surface area contributed by atoms with Crippen LogP contribution in [0, 0.1) is 5.92 Å². The number of Topliss-reactive ketones (excluding diaryl/α,β-unsaturated/α-hetero) is 1. The Morgan fingerprint density at radius 2 is 1.73 bits per heavy atom. The molecule has 2 rings (SSSR count). The Balaban J connectivity index is 1.70. The molecule has 0 spiro atoms. The third-order valence-electron chi connectivity index (χ3n) is 7.40. The van der Waals surface area contributed by atoms with Crippen LogP contribution in [-0.4, -0.2) is 31.3 Å². The largest absolute Gasteiger partial charge is 0.479 e. The van der Waals surface area contributed by atoms with E-state index in [1.54, 1.807) is 0 Å². The lowest BCUT2D eigenvalue weighted by Gasteiger charge is -2.38. The molecule has 0 saturated heterocycles. The van der Waals surface area contributed by atoms with Crippen LogP contribution in [0.25, 0.3) is 0 Å². The molecule has 2 atom stereocenters. The minimum absolute atomic E-state index is 0.00658. The molecule has 0 heterocycles. The molecule has 1 aliphatic rings. The molecule has 1 aromatic rings. The number of carbonyl (C=O) groups excluding carboxylic acids is 1. The number of benzene rings is 1. The summed E-state index contributed by atoms with van der Waals surface area (Å²) >= 11 is 0. The molecule has 33 heavy (non-hydrogen) atoms. The number of hydrogen-bond acceptors (Lipinski definition) is 3. The molecule has 0 amide bonds. The van der Waals surface area contributed by atoms with Gasteiger partial charge in [0.15, 0.2) is 8.32 Å². The zero-order chi connectivity index (χ0) is 24.5. The lowest BCUT2D eigenvalue weighted by Crippen LogP contribution is -2.46. The van der Waals surface area contributed by atoms with Crippen molar-refractivity contribution in [3.8, 4) is 0 Å². The van der Waals surface area contributed by atoms with Crippen LogP contribution in [0.1, 0.15) is 84.1 Å². The van der Waals surface area contributed by atoms with Gasteiger partial charge in [0, 0.05) is 12.3 Å². The second kappa shape index (κ2) is 12.7. The topological polar surface area (TPSA) is 63.6 Å². The molecule has 1 aromatic carbocycles. The third-order valence-corrected chi connectivity index (χ3v) is 11.9. The van der Waals surface area contributed by atoms with Gasteiger partial charge in [0.2, 0.25) is 0 Å². The quantitative estimate of drug-likeness (QED) is 0.175. The zero-order valence-electron chi connectivity index (χ0n) is 21.4. The fourth-order valence-corrected chi connectivity index (χ4v) is 5.55. The van der Waals surface area contributed by atoms with Gasteiger partial charge >= 0.3 is 5.97 Å². The summed E-state index contributed by atoms with van der Waals surface area (Å²) in [4.78, 5) is 24.1. The van der Waals surface area contributed by atoms with Crippen molar-refractivity contribution in [3.63, 3.8) is 0 Å². The smallest absolute Gasteiger partial charge is 0.331 e. The van der Waals surface area contributed by atoms with Crippen LogP contribution in [0.5, 0.6) is 0 Å². The predicted octanol–water partition coefficient (Wildman–Crippen LogP) is 7.34. The monoisotopic (exact) mass is 472 g/mol. The van der Waals surface area contributed by atoms with Crippen LogP contribution in [-0.2, 0) is 20.4 Å². The van der Waals surface area contributed by atoms with Crippen LogP contribution >= 0.6 is 0 Å². The van der Waals surface area contributed by atoms with E-state index in [1.165, 1.54) is 11.1 Å². The third kappa shape index (κ3) is 8.86. The summed E-state index contributed by atoms with van der Waals surface area (Å²) in [5, 5.41) is 9.61. The molecule has 1 aliphatic carbocycles. The van der Waals surface area contributed by atoms with Gasteiger partial charge in [-0.1, -0.05) is 82.0 Å². The summed E-state index contributed by atoms with van der Waals surface area (Å²) in [5.74, 6) is -0.412. The predicted molar refractivity (Wildman–Crippen MR) is 138 cm³/mol. The summed E-state index contributed by atoms with van der Waals surface area (Å²) < 4.78 is 6.14. The van der Waals surface area contributed by atoms with Crippen molar-refractivity contribution in [2.75, 3.05) is 0 Å². The van der Waals surface area contributed by atoms with Gasteiger partial charge < -0.3 is 9.53 Å². The highest BCUT2D eigenvalue weighted by molar-refractivity contribution is 6.74. The first-order valence-corrected chi connectivity index (χ1v) is 15.6. The summed E-state index contributed by atoms with van der Waals surface area (Å²) in [6, 6.07) is 10.6. The van der Waals surface area contributed by atoms with Crippen molar-refractivity contribution in [2.24, 2.45) is 5.92 Å². The van der Waals surface area contributed by atoms with E-state index < -0.39 is 20.4 Å². The zero-order valence-corrected chi connectivity index (χ0v) is 22.4. The van der Waals surface area contributed by atoms with Crippen molar-refractivity contribution >= 4 is 20.1 Å². The summed E-state index contributed by atoms with van der Waals surface area (Å²) in [7, 11) is -2.11. The van der Waals surface area contributed by atoms with Gasteiger partial charge in [0.25, 0.3) is 0 Å². The standard InChI is InChI=1S/C28H44O4Si/c1-28(2,3)33(4,5)32-26(27(30)31)19-11-7-10-18-24-23(20-21-25(24)29)17-13-12-16-22-14-8-6-9-15-22/h6,8-9,14-15,20,24,26H,7,10-13,16-19,21H2,1-5H3,(H,30,31)/t24-,26?/m1/s1. The molecule has 4 nitrogen and oxygen atoms in total. The number of unbranched alkanes of at least 4 members (excludes halogenated alkanes) is 3. The number of ketones is 1. The Hall–Kier alpha value is -1.72. The number of carbonyl (C=O) groups is 2. The highest BCUT2D eigenvalue weighted by atomic mass is 28.4. The minimum Gasteiger partial charge on any atom is -0.479 e. The molecule has 0 radical (unpaired) electrons. The Morgan fingerprint density at radius 3 is 2.36 bits per heavy atom. The van der Waals surface area contributed by atoms with Crippen molar-refractivity contribution < 1.29 is 19.1 Å². The van der Waals surface area contributed by atoms with E-state index in [-0.39, 0.29) is 11.0 Å². The van der Waals surface area contributed by atoms with Gasteiger partial charge in [-0.2, -0.15) is 0 Å². The van der Waals surface area contributed by atoms with E-state index in [1.807, 2.05) is 6.07 Å². The maximum atomic E-state index is 12.4. The fraction of sp³-hybridized carbons (Fsp3) is 0.643. The lowest BCUT2D eigenvalue weighted by molar-refractivity contribution is -0.146. The number of allylic oxidation sites excluding steroid dienone is 2. The maximum Gasteiger partial charge on any atom is 0.331 e. The van der Waals surface area contributed by atoms with E-state index in [9.17, 15) is 14.7 Å². The summed E-state index contributed by atoms with van der Waals surface area (Å²) in [6.45, 7) is 10.6. The molecule has 5 heteroatoms. The first kappa shape index (κ1) is 27.5. The Labute approximate surface area is 201 Å². The molecular weight excluding hydrogens is 428 g/mol. The van der Waals surface area contributed by atoms with Gasteiger partial charge in [-0.25, -0.2) is 4.79 Å². The molecule has 1 unspecified atom stereocenters. The van der Waals surface area contributed by atoms with Gasteiger partial charge in [0.05, 0.1) is 0 Å². The fourth-order valence-electron chi connectivity index (χ4n) is 4.27. The number of carboxylic acids is 1. The van der Waals surface area contributed by atoms with Crippen LogP contribution in [0.4, 0.5) is 0 Å². The van der Waals surface area contributed by atoms with Gasteiger partial charge in [-0.15, -0.1) is 0 Å². The van der Waals surface area contributed by atoms with E-state index in [0.717, 1.165) is 51.4 Å². The lowest BCUT2D eigenvalue weighted by atomic mass is 9.90. The van der Waals surface area contributed by atoms with Crippen molar-refractivity contribution in [3.05, 3.63) is 47.5 Å². The number of aliphatic carboxylic acids is 1. The summed E-state index contributed by atoms with van der Waals surface area (Å²) in [5.41, 5.74) is 2.71. The molecule has 184 valence electrons. The van der Waals surface area contributed by atoms with Gasteiger partial charge in [-0.3, -0.25) is 4.79 Å². The van der Waals surface area contributed by atoms with Crippen LogP contribution in [0.15, 0.2) is 42.0 Å². The summed E-state index contributed by atoms with van der Waals surface area (Å²) in [6.07, 6.45) is 10.6. The average molecular weight is 473 g/mol. The Morgan fingerprint density at radius 1 is 1.06 bits per heavy atom. The first-order valence-electron chi connectivity index (χ1n) is 12.7. The molecule has 1 N–H and O–H groups in total. The van der Waals surface area contributed by atoms with Crippen LogP contribution in [0.3, 0.4) is 0 Å². The SMILES string of the molecule is CC(C)(C)[Si](C)(C)OC(CCCCC[C@H]1C(=O)CC=C1CCCCc1ccccc1)C(=O)O. The minimum atomic E-state index is -2.11. The van der Waals surface area contributed by atoms with Crippen molar-refractivity contribution in [1.29, 1.82) is 0 Å². The Bertz CT molecular complexity index is 792. The van der Waals surface area contributed by atoms with Crippen molar-refractivity contribution in [2.45, 2.75) is 109 Å². The van der Waals surface area contributed by atoms with Crippen LogP contribution in [0.2, 0.25) is 18.1 Å². The number of carboxylic acid groups (broad SMARTS) is 1. The van der Waals surface area contributed by atoms with E-state index in [4.69, 9.17) is 4.43 Å². The first-order chi connectivity index (χ1) is 15.5. The molecule has 0 aliphatic heterocycles. The second-order valence-electron chi connectivity index (χ2n) is 11.0. The Kier molecular flexibility index (Phi) is 10.6. The van der Waals surface area contributed by atoms with Crippen molar-refractivity contribution in [1.82, 2.24) is 0 Å².